The summed E-state index contributed by atoms with van der Waals surface area (Å²) >= 11 is 1.33. The van der Waals surface area contributed by atoms with Crippen molar-refractivity contribution in [3.63, 3.8) is 0 Å². The number of rotatable bonds is 4. The van der Waals surface area contributed by atoms with E-state index in [1.807, 2.05) is 13.0 Å². The van der Waals surface area contributed by atoms with Gasteiger partial charge in [0.15, 0.2) is 0 Å². The topological polar surface area (TPSA) is 78.7 Å². The van der Waals surface area contributed by atoms with Gasteiger partial charge in [-0.25, -0.2) is 4.98 Å². The molecule has 23 heavy (non-hydrogen) atoms. The van der Waals surface area contributed by atoms with Crippen LogP contribution in [-0.4, -0.2) is 21.1 Å². The summed E-state index contributed by atoms with van der Waals surface area (Å²) in [5, 5.41) is 12.5. The van der Waals surface area contributed by atoms with Crippen LogP contribution in [0.5, 0.6) is 0 Å². The van der Waals surface area contributed by atoms with Crippen molar-refractivity contribution >= 4 is 23.4 Å². The lowest BCUT2D eigenvalue weighted by atomic mass is 10.2. The molecule has 1 amide bonds. The van der Waals surface area contributed by atoms with E-state index in [1.165, 1.54) is 17.3 Å². The molecule has 0 saturated carbocycles. The van der Waals surface area contributed by atoms with Gasteiger partial charge in [-0.15, -0.1) is 0 Å². The third kappa shape index (κ3) is 3.51. The monoisotopic (exact) mass is 324 g/mol. The van der Waals surface area contributed by atoms with Gasteiger partial charge in [0.05, 0.1) is 10.8 Å². The molecule has 0 fully saturated rings. The number of anilines is 1. The molecule has 0 saturated heterocycles. The summed E-state index contributed by atoms with van der Waals surface area (Å²) in [5.74, 6) is -0.118. The van der Waals surface area contributed by atoms with E-state index in [9.17, 15) is 10.1 Å². The fourth-order valence-corrected chi connectivity index (χ4v) is 3.42. The molecule has 1 aliphatic carbocycles. The van der Waals surface area contributed by atoms with Crippen molar-refractivity contribution in [3.8, 4) is 6.07 Å². The third-order valence-electron chi connectivity index (χ3n) is 3.74. The first kappa shape index (κ1) is 15.5. The molecule has 0 spiro atoms. The lowest BCUT2D eigenvalue weighted by Crippen LogP contribution is -2.22. The lowest BCUT2D eigenvalue weighted by molar-refractivity contribution is -0.115. The highest BCUT2D eigenvalue weighted by atomic mass is 32.2. The van der Waals surface area contributed by atoms with Crippen LogP contribution in [-0.2, 0) is 17.6 Å². The Hall–Kier alpha value is -2.39. The molecule has 2 aromatic heterocycles. The number of nitriles is 1. The number of fused-ring (bicyclic) bond motifs is 1. The summed E-state index contributed by atoms with van der Waals surface area (Å²) in [7, 11) is 0. The minimum Gasteiger partial charge on any atom is -0.325 e. The van der Waals surface area contributed by atoms with Crippen LogP contribution < -0.4 is 5.32 Å². The van der Waals surface area contributed by atoms with Crippen molar-refractivity contribution in [1.29, 1.82) is 5.26 Å². The summed E-state index contributed by atoms with van der Waals surface area (Å²) in [5.41, 5.74) is 3.49. The minimum atomic E-state index is -0.345. The highest BCUT2D eigenvalue weighted by Crippen LogP contribution is 2.30. The smallest absolute Gasteiger partial charge is 0.237 e. The van der Waals surface area contributed by atoms with Crippen LogP contribution in [0.15, 0.2) is 35.6 Å². The Morgan fingerprint density at radius 1 is 1.39 bits per heavy atom. The Morgan fingerprint density at radius 3 is 2.91 bits per heavy atom. The molecular weight excluding hydrogens is 308 g/mol. The van der Waals surface area contributed by atoms with E-state index in [2.05, 4.69) is 21.4 Å². The number of nitrogens with zero attached hydrogens (tertiary/aromatic N) is 3. The van der Waals surface area contributed by atoms with Crippen molar-refractivity contribution in [3.05, 3.63) is 47.4 Å². The predicted octanol–water partition coefficient (Wildman–Crippen LogP) is 2.96. The van der Waals surface area contributed by atoms with Gasteiger partial charge < -0.3 is 5.32 Å². The number of thioether (sulfide) groups is 1. The van der Waals surface area contributed by atoms with Crippen LogP contribution in [0.1, 0.15) is 30.2 Å². The van der Waals surface area contributed by atoms with E-state index in [0.29, 0.717) is 16.3 Å². The molecule has 3 rings (SSSR count). The van der Waals surface area contributed by atoms with Crippen molar-refractivity contribution < 1.29 is 4.79 Å². The van der Waals surface area contributed by atoms with E-state index < -0.39 is 0 Å². The largest absolute Gasteiger partial charge is 0.325 e. The number of aryl methyl sites for hydroxylation is 2. The van der Waals surface area contributed by atoms with Gasteiger partial charge in [0, 0.05) is 23.8 Å². The van der Waals surface area contributed by atoms with Gasteiger partial charge in [0.2, 0.25) is 5.91 Å². The highest BCUT2D eigenvalue weighted by molar-refractivity contribution is 8.00. The van der Waals surface area contributed by atoms with Crippen molar-refractivity contribution in [2.45, 2.75) is 36.5 Å². The van der Waals surface area contributed by atoms with E-state index >= 15 is 0 Å². The average molecular weight is 324 g/mol. The molecule has 6 heteroatoms. The Morgan fingerprint density at radius 2 is 2.17 bits per heavy atom. The number of carbonyl (C=O) groups is 1. The zero-order valence-electron chi connectivity index (χ0n) is 12.7. The fourth-order valence-electron chi connectivity index (χ4n) is 2.52. The van der Waals surface area contributed by atoms with Gasteiger partial charge in [0.25, 0.3) is 0 Å². The van der Waals surface area contributed by atoms with E-state index in [1.54, 1.807) is 24.5 Å². The van der Waals surface area contributed by atoms with E-state index in [4.69, 9.17) is 0 Å². The molecule has 2 aromatic rings. The standard InChI is InChI=1S/C17H16N4OS/c1-11(16(22)20-14-5-7-19-8-6-14)23-17-13(10-18)9-12-3-2-4-15(12)21-17/h5-9,11H,2-4H2,1H3,(H,19,20,22). The number of hydrogen-bond acceptors (Lipinski definition) is 5. The number of nitrogens with one attached hydrogen (secondary N) is 1. The average Bonchev–Trinajstić information content (AvgIpc) is 3.02. The maximum absolute atomic E-state index is 12.3. The van der Waals surface area contributed by atoms with Crippen LogP contribution in [0.4, 0.5) is 5.69 Å². The molecule has 116 valence electrons. The molecule has 2 heterocycles. The second-order valence-corrected chi connectivity index (χ2v) is 6.73. The third-order valence-corrected chi connectivity index (χ3v) is 4.84. The number of aromatic nitrogens is 2. The van der Waals surface area contributed by atoms with Crippen LogP contribution in [0.2, 0.25) is 0 Å². The first-order chi connectivity index (χ1) is 11.2. The first-order valence-corrected chi connectivity index (χ1v) is 8.36. The Kier molecular flexibility index (Phi) is 4.58. The Bertz CT molecular complexity index is 770. The van der Waals surface area contributed by atoms with Crippen LogP contribution >= 0.6 is 11.8 Å². The highest BCUT2D eigenvalue weighted by Gasteiger charge is 2.21. The van der Waals surface area contributed by atoms with Crippen LogP contribution in [0, 0.1) is 11.3 Å². The summed E-state index contributed by atoms with van der Waals surface area (Å²) in [6.07, 6.45) is 6.28. The summed E-state index contributed by atoms with van der Waals surface area (Å²) in [6, 6.07) is 7.60. The van der Waals surface area contributed by atoms with Crippen molar-refractivity contribution in [2.75, 3.05) is 5.32 Å². The SMILES string of the molecule is CC(Sc1nc2c(cc1C#N)CCC2)C(=O)Nc1ccncc1. The Labute approximate surface area is 139 Å². The van der Waals surface area contributed by atoms with Gasteiger partial charge in [0.1, 0.15) is 11.1 Å². The van der Waals surface area contributed by atoms with E-state index in [0.717, 1.165) is 25.0 Å². The van der Waals surface area contributed by atoms with Gasteiger partial charge in [-0.2, -0.15) is 5.26 Å². The second-order valence-electron chi connectivity index (χ2n) is 5.40. The van der Waals surface area contributed by atoms with Crippen molar-refractivity contribution in [2.24, 2.45) is 0 Å². The summed E-state index contributed by atoms with van der Waals surface area (Å²) in [4.78, 5) is 20.8. The molecule has 0 bridgehead atoms. The molecule has 5 nitrogen and oxygen atoms in total. The number of hydrogen-bond donors (Lipinski definition) is 1. The van der Waals surface area contributed by atoms with Gasteiger partial charge in [-0.1, -0.05) is 11.8 Å². The fraction of sp³-hybridized carbons (Fsp3) is 0.294. The summed E-state index contributed by atoms with van der Waals surface area (Å²) < 4.78 is 0. The van der Waals surface area contributed by atoms with Crippen LogP contribution in [0.25, 0.3) is 0 Å². The summed E-state index contributed by atoms with van der Waals surface area (Å²) in [6.45, 7) is 1.82. The predicted molar refractivity (Wildman–Crippen MR) is 89.2 cm³/mol. The molecule has 1 N–H and O–H groups in total. The molecule has 1 aliphatic rings. The Balaban J connectivity index is 1.74. The van der Waals surface area contributed by atoms with Crippen molar-refractivity contribution in [1.82, 2.24) is 9.97 Å². The zero-order valence-corrected chi connectivity index (χ0v) is 13.6. The minimum absolute atomic E-state index is 0.118. The first-order valence-electron chi connectivity index (χ1n) is 7.48. The van der Waals surface area contributed by atoms with Gasteiger partial charge >= 0.3 is 0 Å². The normalized spacial score (nSPS) is 13.9. The molecule has 0 aromatic carbocycles. The molecule has 0 aliphatic heterocycles. The molecule has 0 radical (unpaired) electrons. The molecular formula is C17H16N4OS. The van der Waals surface area contributed by atoms with Gasteiger partial charge in [-0.3, -0.25) is 9.78 Å². The van der Waals surface area contributed by atoms with E-state index in [-0.39, 0.29) is 11.2 Å². The van der Waals surface area contributed by atoms with Crippen LogP contribution in [0.3, 0.4) is 0 Å². The maximum Gasteiger partial charge on any atom is 0.237 e. The zero-order chi connectivity index (χ0) is 16.2. The molecule has 1 atom stereocenters. The number of pyridine rings is 2. The quantitative estimate of drug-likeness (QED) is 0.875. The maximum atomic E-state index is 12.3. The lowest BCUT2D eigenvalue weighted by Gasteiger charge is -2.13. The molecule has 1 unspecified atom stereocenters. The second kappa shape index (κ2) is 6.80. The van der Waals surface area contributed by atoms with Gasteiger partial charge in [-0.05, 0) is 49.9 Å². The number of carbonyl (C=O) groups excluding carboxylic acids is 1. The number of amides is 1.